The number of pyridine rings is 1. The van der Waals surface area contributed by atoms with E-state index in [4.69, 9.17) is 21.3 Å². The summed E-state index contributed by atoms with van der Waals surface area (Å²) < 4.78 is 7.48. The number of aromatic nitrogens is 1. The van der Waals surface area contributed by atoms with Crippen LogP contribution in [0.3, 0.4) is 0 Å². The van der Waals surface area contributed by atoms with E-state index in [9.17, 15) is 0 Å². The lowest BCUT2D eigenvalue weighted by Crippen LogP contribution is -2.24. The minimum Gasteiger partial charge on any atom is -0.484 e. The average Bonchev–Trinajstić information content (AvgIpc) is 2.52. The highest BCUT2D eigenvalue weighted by Crippen LogP contribution is 2.37. The number of nitrogens with two attached hydrogens (primary N) is 1. The van der Waals surface area contributed by atoms with Crippen molar-refractivity contribution < 1.29 is 4.74 Å². The molecule has 0 bridgehead atoms. The Morgan fingerprint density at radius 2 is 1.90 bits per heavy atom. The van der Waals surface area contributed by atoms with Gasteiger partial charge >= 0.3 is 0 Å². The van der Waals surface area contributed by atoms with Gasteiger partial charge < -0.3 is 10.5 Å². The van der Waals surface area contributed by atoms with Gasteiger partial charge in [-0.15, -0.1) is 0 Å². The van der Waals surface area contributed by atoms with Crippen LogP contribution in [0.2, 0.25) is 0 Å². The highest BCUT2D eigenvalue weighted by molar-refractivity contribution is 5.54. The van der Waals surface area contributed by atoms with Crippen molar-refractivity contribution in [3.8, 4) is 5.75 Å². The summed E-state index contributed by atoms with van der Waals surface area (Å²) in [5.74, 6) is 0.657. The number of fused-ring (bicyclic) bond motifs is 1. The predicted molar refractivity (Wildman–Crippen MR) is 80.4 cm³/mol. The van der Waals surface area contributed by atoms with Crippen LogP contribution in [0.4, 0.5) is 0 Å². The Balaban J connectivity index is 1.91. The van der Waals surface area contributed by atoms with Crippen LogP contribution in [0.15, 0.2) is 42.6 Å². The molecule has 1 heterocycles. The van der Waals surface area contributed by atoms with E-state index in [0.717, 1.165) is 30.3 Å². The lowest BCUT2D eigenvalue weighted by atomic mass is 9.86. The molecule has 108 valence electrons. The number of ether oxygens (including phenoxy) is 1. The molecule has 0 saturated carbocycles. The second-order valence-electron chi connectivity index (χ2n) is 5.21. The summed E-state index contributed by atoms with van der Waals surface area (Å²) >= 11 is 0. The molecule has 0 fully saturated rings. The Morgan fingerprint density at radius 3 is 2.67 bits per heavy atom. The van der Waals surface area contributed by atoms with Crippen molar-refractivity contribution in [3.05, 3.63) is 59.2 Å². The van der Waals surface area contributed by atoms with Gasteiger partial charge in [0.25, 0.3) is 0 Å². The Hall–Kier alpha value is -2.40. The molecule has 21 heavy (non-hydrogen) atoms. The van der Waals surface area contributed by atoms with Crippen LogP contribution in [0.1, 0.15) is 36.1 Å². The van der Waals surface area contributed by atoms with E-state index >= 15 is 0 Å². The van der Waals surface area contributed by atoms with Crippen LogP contribution in [0.5, 0.6) is 5.75 Å². The van der Waals surface area contributed by atoms with E-state index in [1.807, 2.05) is 12.1 Å². The number of nitrogens with one attached hydrogen (secondary N) is 2. The number of hydrogen-bond acceptors (Lipinski definition) is 4. The van der Waals surface area contributed by atoms with Gasteiger partial charge in [0.05, 0.1) is 12.5 Å². The molecule has 2 atom stereocenters. The van der Waals surface area contributed by atoms with Gasteiger partial charge in [-0.2, -0.15) is 0 Å². The van der Waals surface area contributed by atoms with Crippen molar-refractivity contribution in [2.24, 2.45) is 5.73 Å². The van der Waals surface area contributed by atoms with Gasteiger partial charge in [-0.25, -0.2) is 0 Å². The SMILES string of the molecule is N=Cn1cc(O[C@@H]2CC[C@H](N)c3ccccc32)ccc1=N. The molecule has 1 aliphatic rings. The summed E-state index contributed by atoms with van der Waals surface area (Å²) in [6.45, 7) is 0. The van der Waals surface area contributed by atoms with E-state index in [1.54, 1.807) is 18.3 Å². The maximum absolute atomic E-state index is 7.67. The molecule has 1 aromatic heterocycles. The summed E-state index contributed by atoms with van der Waals surface area (Å²) in [5, 5.41) is 15.0. The molecule has 5 nitrogen and oxygen atoms in total. The maximum Gasteiger partial charge on any atom is 0.137 e. The lowest BCUT2D eigenvalue weighted by Gasteiger charge is -2.30. The monoisotopic (exact) mass is 282 g/mol. The van der Waals surface area contributed by atoms with E-state index in [2.05, 4.69) is 12.1 Å². The fraction of sp³-hybridized carbons (Fsp3) is 0.250. The van der Waals surface area contributed by atoms with Crippen LogP contribution >= 0.6 is 0 Å². The summed E-state index contributed by atoms with van der Waals surface area (Å²) in [6, 6.07) is 11.6. The Bertz CT molecular complexity index is 722. The highest BCUT2D eigenvalue weighted by atomic mass is 16.5. The number of benzene rings is 1. The first kappa shape index (κ1) is 13.6. The predicted octanol–water partition coefficient (Wildman–Crippen LogP) is 2.34. The van der Waals surface area contributed by atoms with Crippen molar-refractivity contribution in [2.45, 2.75) is 25.0 Å². The van der Waals surface area contributed by atoms with Crippen molar-refractivity contribution in [2.75, 3.05) is 0 Å². The van der Waals surface area contributed by atoms with Crippen LogP contribution in [-0.2, 0) is 0 Å². The van der Waals surface area contributed by atoms with Gasteiger partial charge in [0.2, 0.25) is 0 Å². The molecule has 1 aromatic carbocycles. The Kier molecular flexibility index (Phi) is 3.58. The molecule has 3 rings (SSSR count). The molecule has 5 heteroatoms. The summed E-state index contributed by atoms with van der Waals surface area (Å²) in [4.78, 5) is 0. The number of hydrogen-bond donors (Lipinski definition) is 3. The van der Waals surface area contributed by atoms with Crippen molar-refractivity contribution in [1.29, 1.82) is 10.8 Å². The normalized spacial score (nSPS) is 20.6. The Morgan fingerprint density at radius 1 is 1.14 bits per heavy atom. The molecule has 4 N–H and O–H groups in total. The van der Waals surface area contributed by atoms with Gasteiger partial charge in [0.15, 0.2) is 0 Å². The van der Waals surface area contributed by atoms with Gasteiger partial charge in [-0.3, -0.25) is 15.4 Å². The fourth-order valence-corrected chi connectivity index (χ4v) is 2.74. The quantitative estimate of drug-likeness (QED) is 0.596. The van der Waals surface area contributed by atoms with Crippen LogP contribution < -0.4 is 16.0 Å². The first-order valence-electron chi connectivity index (χ1n) is 6.97. The molecular formula is C16H18N4O. The molecule has 0 unspecified atom stereocenters. The molecule has 0 spiro atoms. The first-order valence-corrected chi connectivity index (χ1v) is 6.97. The largest absolute Gasteiger partial charge is 0.484 e. The van der Waals surface area contributed by atoms with Gasteiger partial charge in [0.1, 0.15) is 17.3 Å². The molecule has 0 aliphatic heterocycles. The smallest absolute Gasteiger partial charge is 0.137 e. The number of nitrogens with zero attached hydrogens (tertiary/aromatic N) is 1. The molecule has 1 aliphatic carbocycles. The van der Waals surface area contributed by atoms with Crippen molar-refractivity contribution in [1.82, 2.24) is 4.57 Å². The minimum atomic E-state index is -0.0308. The standard InChI is InChI=1S/C16H18N4O/c17-10-20-9-11(5-8-16(20)19)21-15-7-6-14(18)12-3-1-2-4-13(12)15/h1-5,8-10,14-15,17,19H,6-7,18H2/t14-,15+/m0/s1. The van der Waals surface area contributed by atoms with Gasteiger partial charge in [-0.1, -0.05) is 24.3 Å². The van der Waals surface area contributed by atoms with Crippen molar-refractivity contribution in [3.63, 3.8) is 0 Å². The third-order valence-electron chi connectivity index (χ3n) is 3.85. The average molecular weight is 282 g/mol. The van der Waals surface area contributed by atoms with E-state index in [0.29, 0.717) is 5.75 Å². The van der Waals surface area contributed by atoms with Crippen LogP contribution in [0, 0.1) is 10.8 Å². The molecular weight excluding hydrogens is 264 g/mol. The third kappa shape index (κ3) is 2.60. The summed E-state index contributed by atoms with van der Waals surface area (Å²) in [5.41, 5.74) is 8.68. The zero-order valence-corrected chi connectivity index (χ0v) is 11.6. The molecule has 0 saturated heterocycles. The third-order valence-corrected chi connectivity index (χ3v) is 3.85. The zero-order valence-electron chi connectivity index (χ0n) is 11.6. The molecule has 2 aromatic rings. The first-order chi connectivity index (χ1) is 10.2. The minimum absolute atomic E-state index is 0.0308. The van der Waals surface area contributed by atoms with Crippen LogP contribution in [-0.4, -0.2) is 10.9 Å². The van der Waals surface area contributed by atoms with E-state index in [1.165, 1.54) is 4.57 Å². The van der Waals surface area contributed by atoms with Crippen LogP contribution in [0.25, 0.3) is 0 Å². The highest BCUT2D eigenvalue weighted by Gasteiger charge is 2.26. The summed E-state index contributed by atoms with van der Waals surface area (Å²) in [6.07, 6.45) is 4.48. The Labute approximate surface area is 123 Å². The molecule has 0 amide bonds. The van der Waals surface area contributed by atoms with Crippen molar-refractivity contribution >= 4 is 6.34 Å². The van der Waals surface area contributed by atoms with E-state index in [-0.39, 0.29) is 17.6 Å². The fourth-order valence-electron chi connectivity index (χ4n) is 2.74. The van der Waals surface area contributed by atoms with Gasteiger partial charge in [-0.05, 0) is 36.1 Å². The zero-order chi connectivity index (χ0) is 14.8. The number of rotatable bonds is 3. The second-order valence-corrected chi connectivity index (χ2v) is 5.21. The lowest BCUT2D eigenvalue weighted by molar-refractivity contribution is 0.176. The topological polar surface area (TPSA) is 87.9 Å². The second kappa shape index (κ2) is 5.54. The van der Waals surface area contributed by atoms with E-state index < -0.39 is 0 Å². The maximum atomic E-state index is 7.67. The molecule has 0 radical (unpaired) electrons. The summed E-state index contributed by atoms with van der Waals surface area (Å²) in [7, 11) is 0. The van der Waals surface area contributed by atoms with Gasteiger partial charge in [0, 0.05) is 6.04 Å².